The van der Waals surface area contributed by atoms with Crippen molar-refractivity contribution in [2.45, 2.75) is 30.1 Å². The van der Waals surface area contributed by atoms with Crippen LogP contribution in [0.25, 0.3) is 10.8 Å². The molecule has 34 heavy (non-hydrogen) atoms. The van der Waals surface area contributed by atoms with E-state index < -0.39 is 52.2 Å². The van der Waals surface area contributed by atoms with Crippen LogP contribution >= 0.6 is 11.6 Å². The molecular weight excluding hydrogens is 492 g/mol. The van der Waals surface area contributed by atoms with E-state index >= 15 is 0 Å². The van der Waals surface area contributed by atoms with Gasteiger partial charge in [0.1, 0.15) is 0 Å². The number of carboxylic acids is 1. The lowest BCUT2D eigenvalue weighted by atomic mass is 9.81. The highest BCUT2D eigenvalue weighted by molar-refractivity contribution is 6.30. The minimum atomic E-state index is -5.23. The molecule has 1 fully saturated rings. The van der Waals surface area contributed by atoms with Crippen LogP contribution in [0.1, 0.15) is 33.5 Å². The van der Waals surface area contributed by atoms with E-state index in [-0.39, 0.29) is 28.0 Å². The second-order valence-corrected chi connectivity index (χ2v) is 8.24. The Bertz CT molecular complexity index is 1290. The maximum atomic E-state index is 14.3. The van der Waals surface area contributed by atoms with Crippen molar-refractivity contribution in [2.24, 2.45) is 0 Å². The first-order chi connectivity index (χ1) is 15.7. The highest BCUT2D eigenvalue weighted by Gasteiger charge is 2.65. The summed E-state index contributed by atoms with van der Waals surface area (Å²) in [7, 11) is 0. The molecule has 3 aromatic carbocycles. The van der Waals surface area contributed by atoms with Crippen molar-refractivity contribution in [3.63, 3.8) is 0 Å². The van der Waals surface area contributed by atoms with Crippen molar-refractivity contribution in [3.05, 3.63) is 81.9 Å². The monoisotopic (exact) mass is 505 g/mol. The third-order valence-electron chi connectivity index (χ3n) is 5.68. The molecule has 0 aromatic heterocycles. The normalized spacial score (nSPS) is 23.4. The van der Waals surface area contributed by atoms with Crippen LogP contribution in [0, 0.1) is 0 Å². The van der Waals surface area contributed by atoms with Gasteiger partial charge in [0.25, 0.3) is 0 Å². The number of hydrogen-bond donors (Lipinski definition) is 3. The first-order valence-corrected chi connectivity index (χ1v) is 9.94. The number of aromatic carboxylic acids is 1. The van der Waals surface area contributed by atoms with Gasteiger partial charge in [-0.25, -0.2) is 4.79 Å². The van der Waals surface area contributed by atoms with E-state index in [0.29, 0.717) is 12.1 Å². The zero-order valence-corrected chi connectivity index (χ0v) is 17.5. The second kappa shape index (κ2) is 7.84. The zero-order valence-electron chi connectivity index (χ0n) is 16.8. The number of nitrogens with one attached hydrogen (secondary N) is 1. The molecular formula is C22H14ClF6NO4. The Kier molecular flexibility index (Phi) is 5.60. The highest BCUT2D eigenvalue weighted by atomic mass is 35.5. The molecule has 1 heterocycles. The van der Waals surface area contributed by atoms with E-state index in [1.54, 1.807) is 5.48 Å². The molecule has 3 N–H and O–H groups in total. The van der Waals surface area contributed by atoms with Gasteiger partial charge >= 0.3 is 18.3 Å². The molecule has 3 aromatic rings. The molecule has 0 spiro atoms. The summed E-state index contributed by atoms with van der Waals surface area (Å²) in [5.41, 5.74) is -4.25. The van der Waals surface area contributed by atoms with Gasteiger partial charge in [-0.15, -0.1) is 0 Å². The van der Waals surface area contributed by atoms with E-state index in [1.165, 1.54) is 24.3 Å². The third kappa shape index (κ3) is 3.88. The standard InChI is InChI=1S/C22H14ClF6NO4/c23-13-8-11(7-12(9-13)21(24,25)26)19(22(27,28)29)10-20(33,34-30-19)17-6-5-16(18(31)32)14-3-1-2-4-15(14)17/h1-9,30,33H,10H2,(H,31,32). The van der Waals surface area contributed by atoms with E-state index in [1.807, 2.05) is 0 Å². The van der Waals surface area contributed by atoms with Crippen molar-refractivity contribution in [2.75, 3.05) is 0 Å². The average molecular weight is 506 g/mol. The summed E-state index contributed by atoms with van der Waals surface area (Å²) in [4.78, 5) is 16.5. The van der Waals surface area contributed by atoms with Gasteiger partial charge in [-0.3, -0.25) is 4.84 Å². The Morgan fingerprint density at radius 3 is 2.24 bits per heavy atom. The van der Waals surface area contributed by atoms with Crippen molar-refractivity contribution in [3.8, 4) is 0 Å². The summed E-state index contributed by atoms with van der Waals surface area (Å²) in [6, 6.07) is 9.42. The van der Waals surface area contributed by atoms with E-state index in [9.17, 15) is 41.4 Å². The second-order valence-electron chi connectivity index (χ2n) is 7.81. The predicted octanol–water partition coefficient (Wildman–Crippen LogP) is 5.74. The maximum absolute atomic E-state index is 14.3. The van der Waals surface area contributed by atoms with E-state index in [2.05, 4.69) is 0 Å². The Morgan fingerprint density at radius 1 is 1.00 bits per heavy atom. The van der Waals surface area contributed by atoms with Gasteiger partial charge in [-0.05, 0) is 40.6 Å². The molecule has 0 aliphatic carbocycles. The van der Waals surface area contributed by atoms with Crippen molar-refractivity contribution in [1.82, 2.24) is 5.48 Å². The van der Waals surface area contributed by atoms with E-state index in [0.717, 1.165) is 12.1 Å². The van der Waals surface area contributed by atoms with Crippen molar-refractivity contribution < 1.29 is 46.2 Å². The topological polar surface area (TPSA) is 78.8 Å². The highest BCUT2D eigenvalue weighted by Crippen LogP contribution is 2.53. The summed E-state index contributed by atoms with van der Waals surface area (Å²) in [6.07, 6.45) is -11.5. The largest absolute Gasteiger partial charge is 0.478 e. The fourth-order valence-corrected chi connectivity index (χ4v) is 4.30. The van der Waals surface area contributed by atoms with E-state index in [4.69, 9.17) is 16.4 Å². The first-order valence-electron chi connectivity index (χ1n) is 9.56. The number of aliphatic hydroxyl groups is 1. The minimum absolute atomic E-state index is 0.0896. The van der Waals surface area contributed by atoms with Gasteiger partial charge in [0.2, 0.25) is 5.79 Å². The molecule has 1 aliphatic heterocycles. The fourth-order valence-electron chi connectivity index (χ4n) is 4.06. The zero-order chi connectivity index (χ0) is 25.1. The lowest BCUT2D eigenvalue weighted by Crippen LogP contribution is -2.50. The van der Waals surface area contributed by atoms with Crippen LogP contribution in [0.15, 0.2) is 54.6 Å². The lowest BCUT2D eigenvalue weighted by Gasteiger charge is -2.32. The molecule has 0 amide bonds. The first kappa shape index (κ1) is 24.3. The Hall–Kier alpha value is -2.86. The predicted molar refractivity (Wildman–Crippen MR) is 108 cm³/mol. The number of hydroxylamine groups is 1. The summed E-state index contributed by atoms with van der Waals surface area (Å²) in [6.45, 7) is 0. The van der Waals surface area contributed by atoms with Crippen LogP contribution in [0.5, 0.6) is 0 Å². The number of hydrogen-bond acceptors (Lipinski definition) is 4. The Balaban J connectivity index is 1.90. The summed E-state index contributed by atoms with van der Waals surface area (Å²) in [5.74, 6) is -3.99. The molecule has 5 nitrogen and oxygen atoms in total. The van der Waals surface area contributed by atoms with Crippen LogP contribution in [0.3, 0.4) is 0 Å². The van der Waals surface area contributed by atoms with Crippen molar-refractivity contribution >= 4 is 28.3 Å². The molecule has 0 bridgehead atoms. The van der Waals surface area contributed by atoms with Gasteiger partial charge in [-0.2, -0.15) is 31.8 Å². The quantitative estimate of drug-likeness (QED) is 0.396. The molecule has 12 heteroatoms. The smallest absolute Gasteiger partial charge is 0.416 e. The average Bonchev–Trinajstić information content (AvgIpc) is 3.12. The van der Waals surface area contributed by atoms with Gasteiger partial charge < -0.3 is 10.2 Å². The Morgan fingerprint density at radius 2 is 1.65 bits per heavy atom. The van der Waals surface area contributed by atoms with Gasteiger partial charge in [0.15, 0.2) is 5.54 Å². The summed E-state index contributed by atoms with van der Waals surface area (Å²) < 4.78 is 82.8. The number of benzene rings is 3. The molecule has 1 aliphatic rings. The molecule has 0 saturated carbocycles. The number of fused-ring (bicyclic) bond motifs is 1. The van der Waals surface area contributed by atoms with Crippen LogP contribution < -0.4 is 5.48 Å². The number of rotatable bonds is 3. The Labute approximate surface area is 192 Å². The number of halogens is 7. The summed E-state index contributed by atoms with van der Waals surface area (Å²) in [5, 5.41) is 20.2. The SMILES string of the molecule is O=C(O)c1ccc(C2(O)CC(c3cc(Cl)cc(C(F)(F)F)c3)(C(F)(F)F)NO2)c2ccccc12. The van der Waals surface area contributed by atoms with Gasteiger partial charge in [0, 0.05) is 17.0 Å². The number of carboxylic acid groups (broad SMARTS) is 1. The summed E-state index contributed by atoms with van der Waals surface area (Å²) >= 11 is 5.71. The van der Waals surface area contributed by atoms with Gasteiger partial charge in [-0.1, -0.05) is 41.9 Å². The molecule has 2 unspecified atom stereocenters. The van der Waals surface area contributed by atoms with Crippen LogP contribution in [-0.2, 0) is 22.3 Å². The molecule has 0 radical (unpaired) electrons. The molecule has 1 saturated heterocycles. The third-order valence-corrected chi connectivity index (χ3v) is 5.89. The minimum Gasteiger partial charge on any atom is -0.478 e. The maximum Gasteiger partial charge on any atom is 0.416 e. The van der Waals surface area contributed by atoms with Crippen LogP contribution in [0.4, 0.5) is 26.3 Å². The van der Waals surface area contributed by atoms with Gasteiger partial charge in [0.05, 0.1) is 11.1 Å². The lowest BCUT2D eigenvalue weighted by molar-refractivity contribution is -0.226. The molecule has 4 rings (SSSR count). The molecule has 2 atom stereocenters. The fraction of sp³-hybridized carbons (Fsp3) is 0.227. The number of alkyl halides is 6. The van der Waals surface area contributed by atoms with Crippen LogP contribution in [-0.4, -0.2) is 22.4 Å². The van der Waals surface area contributed by atoms with Crippen molar-refractivity contribution in [1.29, 1.82) is 0 Å². The molecule has 180 valence electrons. The van der Waals surface area contributed by atoms with Crippen LogP contribution in [0.2, 0.25) is 5.02 Å². The number of carbonyl (C=O) groups is 1.